The minimum Gasteiger partial charge on any atom is -0.466 e. The predicted octanol–water partition coefficient (Wildman–Crippen LogP) is 3.41. The van der Waals surface area contributed by atoms with Crippen molar-refractivity contribution < 1.29 is 14.3 Å². The van der Waals surface area contributed by atoms with Gasteiger partial charge in [0.15, 0.2) is 0 Å². The molecule has 116 valence electrons. The van der Waals surface area contributed by atoms with Crippen molar-refractivity contribution in [1.82, 2.24) is 0 Å². The normalized spacial score (nSPS) is 24.9. The number of methoxy groups -OCH3 is 1. The fraction of sp³-hybridized carbons (Fsp3) is 0.471. The number of Topliss-reactive ketones (excluding diaryl/α,β-unsaturated/α-hetero) is 1. The number of hydrogen-bond acceptors (Lipinski definition) is 5. The van der Waals surface area contributed by atoms with Crippen molar-refractivity contribution in [3.63, 3.8) is 0 Å². The Morgan fingerprint density at radius 2 is 2.09 bits per heavy atom. The lowest BCUT2D eigenvalue weighted by Gasteiger charge is -2.35. The van der Waals surface area contributed by atoms with Gasteiger partial charge in [0, 0.05) is 28.6 Å². The van der Waals surface area contributed by atoms with E-state index < -0.39 is 0 Å². The first-order valence-corrected chi connectivity index (χ1v) is 8.35. The van der Waals surface area contributed by atoms with Crippen LogP contribution in [0.5, 0.6) is 0 Å². The van der Waals surface area contributed by atoms with Crippen molar-refractivity contribution in [3.05, 3.63) is 33.2 Å². The van der Waals surface area contributed by atoms with Crippen LogP contribution in [-0.4, -0.2) is 24.6 Å². The Kier molecular flexibility index (Phi) is 4.00. The molecule has 0 saturated heterocycles. The number of ether oxygens (including phenoxy) is 1. The van der Waals surface area contributed by atoms with Gasteiger partial charge in [-0.15, -0.1) is 11.3 Å². The lowest BCUT2D eigenvalue weighted by molar-refractivity contribution is -0.136. The van der Waals surface area contributed by atoms with Crippen LogP contribution in [0.1, 0.15) is 42.5 Å². The zero-order valence-corrected chi connectivity index (χ0v) is 13.8. The molecule has 1 unspecified atom stereocenters. The number of aryl methyl sites for hydroxylation is 1. The number of esters is 1. The number of fused-ring (bicyclic) bond motifs is 1. The number of hydrogen-bond donors (Lipinski definition) is 0. The molecular weight excluding hydrogens is 298 g/mol. The smallest absolute Gasteiger partial charge is 0.336 e. The van der Waals surface area contributed by atoms with Gasteiger partial charge in [-0.2, -0.15) is 0 Å². The second-order valence-electron chi connectivity index (χ2n) is 5.84. The lowest BCUT2D eigenvalue weighted by atomic mass is 9.71. The van der Waals surface area contributed by atoms with Crippen molar-refractivity contribution >= 4 is 28.8 Å². The van der Waals surface area contributed by atoms with Crippen LogP contribution in [-0.2, 0) is 14.3 Å². The standard InChI is InChI=1S/C17H19NO3S/c1-9-7-8-22-16(9)15-13(17(20)21-3)10(2)18-11-5-4-6-12(19)14(11)15/h7-8,14-15H,4-6H2,1-3H3/t14?,15-/m0/s1. The van der Waals surface area contributed by atoms with E-state index in [0.717, 1.165) is 29.0 Å². The maximum absolute atomic E-state index is 12.6. The molecule has 4 nitrogen and oxygen atoms in total. The Labute approximate surface area is 133 Å². The third-order valence-electron chi connectivity index (χ3n) is 4.50. The second kappa shape index (κ2) is 5.80. The molecule has 2 aliphatic rings. The highest BCUT2D eigenvalue weighted by molar-refractivity contribution is 7.10. The van der Waals surface area contributed by atoms with Crippen LogP contribution >= 0.6 is 11.3 Å². The molecule has 5 heteroatoms. The van der Waals surface area contributed by atoms with Gasteiger partial charge in [0.05, 0.1) is 18.6 Å². The van der Waals surface area contributed by atoms with Crippen LogP contribution in [0.4, 0.5) is 0 Å². The number of ketones is 1. The molecule has 2 atom stereocenters. The maximum Gasteiger partial charge on any atom is 0.336 e. The molecule has 0 bridgehead atoms. The fourth-order valence-corrected chi connectivity index (χ4v) is 4.56. The van der Waals surface area contributed by atoms with E-state index in [1.165, 1.54) is 7.11 Å². The van der Waals surface area contributed by atoms with E-state index in [4.69, 9.17) is 4.74 Å². The molecular formula is C17H19NO3S. The second-order valence-corrected chi connectivity index (χ2v) is 6.78. The van der Waals surface area contributed by atoms with E-state index in [0.29, 0.717) is 17.7 Å². The van der Waals surface area contributed by atoms with Gasteiger partial charge < -0.3 is 4.74 Å². The van der Waals surface area contributed by atoms with Gasteiger partial charge in [-0.05, 0) is 43.7 Å². The van der Waals surface area contributed by atoms with Crippen LogP contribution in [0.25, 0.3) is 0 Å². The van der Waals surface area contributed by atoms with Crippen molar-refractivity contribution in [2.45, 2.75) is 39.0 Å². The maximum atomic E-state index is 12.6. The molecule has 0 radical (unpaired) electrons. The summed E-state index contributed by atoms with van der Waals surface area (Å²) in [5.74, 6) is -0.732. The van der Waals surface area contributed by atoms with E-state index in [-0.39, 0.29) is 23.6 Å². The summed E-state index contributed by atoms with van der Waals surface area (Å²) in [6, 6.07) is 2.03. The summed E-state index contributed by atoms with van der Waals surface area (Å²) in [6.07, 6.45) is 2.26. The molecule has 2 heterocycles. The number of allylic oxidation sites excluding steroid dienone is 1. The average Bonchev–Trinajstić information content (AvgIpc) is 2.91. The molecule has 1 saturated carbocycles. The van der Waals surface area contributed by atoms with Crippen LogP contribution in [0.15, 0.2) is 27.7 Å². The number of rotatable bonds is 2. The Hall–Kier alpha value is -1.75. The SMILES string of the molecule is COC(=O)C1=C(C)N=C2CCCC(=O)C2[C@H]1c1sccc1C. The van der Waals surface area contributed by atoms with Gasteiger partial charge >= 0.3 is 5.97 Å². The van der Waals surface area contributed by atoms with Gasteiger partial charge in [-0.25, -0.2) is 4.79 Å². The number of carbonyl (C=O) groups excluding carboxylic acids is 2. The van der Waals surface area contributed by atoms with E-state index in [1.54, 1.807) is 11.3 Å². The topological polar surface area (TPSA) is 55.7 Å². The molecule has 1 aromatic heterocycles. The highest BCUT2D eigenvalue weighted by atomic mass is 32.1. The fourth-order valence-electron chi connectivity index (χ4n) is 3.48. The predicted molar refractivity (Wildman–Crippen MR) is 86.3 cm³/mol. The van der Waals surface area contributed by atoms with Crippen molar-refractivity contribution in [2.75, 3.05) is 7.11 Å². The quantitative estimate of drug-likeness (QED) is 0.785. The monoisotopic (exact) mass is 317 g/mol. The highest BCUT2D eigenvalue weighted by Crippen LogP contribution is 2.45. The Balaban J connectivity index is 2.19. The molecule has 1 aliphatic carbocycles. The molecule has 1 aliphatic heterocycles. The summed E-state index contributed by atoms with van der Waals surface area (Å²) in [6.45, 7) is 3.86. The zero-order valence-electron chi connectivity index (χ0n) is 13.0. The van der Waals surface area contributed by atoms with Gasteiger partial charge in [0.25, 0.3) is 0 Å². The van der Waals surface area contributed by atoms with Crippen LogP contribution in [0.2, 0.25) is 0 Å². The van der Waals surface area contributed by atoms with Crippen molar-refractivity contribution in [1.29, 1.82) is 0 Å². The van der Waals surface area contributed by atoms with E-state index >= 15 is 0 Å². The third kappa shape index (κ3) is 2.33. The van der Waals surface area contributed by atoms with Crippen molar-refractivity contribution in [3.8, 4) is 0 Å². The molecule has 22 heavy (non-hydrogen) atoms. The summed E-state index contributed by atoms with van der Waals surface area (Å²) < 4.78 is 4.97. The van der Waals surface area contributed by atoms with Crippen molar-refractivity contribution in [2.24, 2.45) is 10.9 Å². The molecule has 1 aromatic rings. The number of aliphatic imine (C=N–C) groups is 1. The largest absolute Gasteiger partial charge is 0.466 e. The first-order valence-electron chi connectivity index (χ1n) is 7.47. The molecule has 0 aromatic carbocycles. The number of nitrogens with zero attached hydrogens (tertiary/aromatic N) is 1. The number of thiophene rings is 1. The van der Waals surface area contributed by atoms with Crippen LogP contribution in [0.3, 0.4) is 0 Å². The van der Waals surface area contributed by atoms with Gasteiger partial charge in [0.1, 0.15) is 5.78 Å². The van der Waals surface area contributed by atoms with E-state index in [2.05, 4.69) is 4.99 Å². The third-order valence-corrected chi connectivity index (χ3v) is 5.60. The molecule has 0 N–H and O–H groups in total. The van der Waals surface area contributed by atoms with E-state index in [1.807, 2.05) is 25.3 Å². The average molecular weight is 317 g/mol. The molecule has 3 rings (SSSR count). The summed E-state index contributed by atoms with van der Waals surface area (Å²) in [5, 5.41) is 2.01. The Morgan fingerprint density at radius 3 is 2.73 bits per heavy atom. The molecule has 1 fully saturated rings. The van der Waals surface area contributed by atoms with Gasteiger partial charge in [0.2, 0.25) is 0 Å². The minimum atomic E-state index is -0.378. The minimum absolute atomic E-state index is 0.191. The first kappa shape index (κ1) is 15.2. The summed E-state index contributed by atoms with van der Waals surface area (Å²) in [4.78, 5) is 30.5. The number of carbonyl (C=O) groups is 2. The van der Waals surface area contributed by atoms with Gasteiger partial charge in [-0.3, -0.25) is 9.79 Å². The van der Waals surface area contributed by atoms with Gasteiger partial charge in [-0.1, -0.05) is 0 Å². The van der Waals surface area contributed by atoms with E-state index in [9.17, 15) is 9.59 Å². The van der Waals surface area contributed by atoms with Crippen LogP contribution < -0.4 is 0 Å². The summed E-state index contributed by atoms with van der Waals surface area (Å²) in [5.41, 5.74) is 3.27. The zero-order chi connectivity index (χ0) is 15.9. The Bertz CT molecular complexity index is 699. The lowest BCUT2D eigenvalue weighted by Crippen LogP contribution is -2.38. The summed E-state index contributed by atoms with van der Waals surface area (Å²) in [7, 11) is 1.38. The first-order chi connectivity index (χ1) is 10.5. The summed E-state index contributed by atoms with van der Waals surface area (Å²) >= 11 is 1.60. The Morgan fingerprint density at radius 1 is 1.32 bits per heavy atom. The molecule has 0 amide bonds. The van der Waals surface area contributed by atoms with Crippen LogP contribution in [0, 0.1) is 12.8 Å². The molecule has 0 spiro atoms. The highest BCUT2D eigenvalue weighted by Gasteiger charge is 2.44.